The summed E-state index contributed by atoms with van der Waals surface area (Å²) in [7, 11) is -2.38. The Morgan fingerprint density at radius 3 is 2.00 bits per heavy atom. The SMILES string of the molecule is C#C[C@]1(COC(=O)CCCCCCCCC)O[C@@H](n2cnc3c(NC(=O)CCCCCCCCCCCCC)nc(F)nc32)C[C@@H]1O[Si](C)(C)C(C)(C)C. The molecule has 0 bridgehead atoms. The van der Waals surface area contributed by atoms with Gasteiger partial charge in [0.05, 0.1) is 12.4 Å². The van der Waals surface area contributed by atoms with Crippen LogP contribution >= 0.6 is 0 Å². The third kappa shape index (κ3) is 14.0. The number of esters is 1. The third-order valence-electron chi connectivity index (χ3n) is 11.2. The van der Waals surface area contributed by atoms with Crippen molar-refractivity contribution in [1.29, 1.82) is 0 Å². The fourth-order valence-electron chi connectivity index (χ4n) is 6.70. The van der Waals surface area contributed by atoms with E-state index in [1.165, 1.54) is 83.4 Å². The number of amides is 1. The molecule has 12 heteroatoms. The Morgan fingerprint density at radius 2 is 1.46 bits per heavy atom. The average Bonchev–Trinajstić information content (AvgIpc) is 3.70. The van der Waals surface area contributed by atoms with E-state index in [0.717, 1.165) is 38.5 Å². The number of halogens is 1. The van der Waals surface area contributed by atoms with Crippen molar-refractivity contribution in [3.8, 4) is 12.3 Å². The molecule has 0 aliphatic carbocycles. The Morgan fingerprint density at radius 1 is 0.926 bits per heavy atom. The highest BCUT2D eigenvalue weighted by Crippen LogP contribution is 2.45. The molecule has 0 aromatic carbocycles. The average molecular weight is 772 g/mol. The molecule has 1 saturated heterocycles. The smallest absolute Gasteiger partial charge is 0.312 e. The molecule has 0 unspecified atom stereocenters. The summed E-state index contributed by atoms with van der Waals surface area (Å²) in [6.07, 6.45) is 27.0. The normalized spacial score (nSPS) is 18.9. The molecule has 304 valence electrons. The Kier molecular flexibility index (Phi) is 19.1. The minimum Gasteiger partial charge on any atom is -0.461 e. The quantitative estimate of drug-likeness (QED) is 0.0330. The Bertz CT molecular complexity index is 1490. The zero-order chi connectivity index (χ0) is 39.6. The molecule has 1 aliphatic rings. The van der Waals surface area contributed by atoms with Gasteiger partial charge >= 0.3 is 12.0 Å². The molecule has 0 radical (unpaired) electrons. The lowest BCUT2D eigenvalue weighted by Crippen LogP contribution is -2.52. The molecule has 1 amide bonds. The number of hydrogen-bond acceptors (Lipinski definition) is 8. The number of anilines is 1. The molecule has 2 aromatic heterocycles. The number of aromatic nitrogens is 4. The lowest BCUT2D eigenvalue weighted by atomic mass is 9.99. The van der Waals surface area contributed by atoms with Gasteiger partial charge in [0, 0.05) is 19.3 Å². The van der Waals surface area contributed by atoms with Crippen molar-refractivity contribution >= 4 is 37.2 Å². The van der Waals surface area contributed by atoms with Crippen LogP contribution in [0.1, 0.15) is 176 Å². The number of ether oxygens (including phenoxy) is 2. The third-order valence-corrected chi connectivity index (χ3v) is 15.7. The summed E-state index contributed by atoms with van der Waals surface area (Å²) >= 11 is 0. The van der Waals surface area contributed by atoms with Crippen molar-refractivity contribution in [1.82, 2.24) is 19.5 Å². The van der Waals surface area contributed by atoms with Gasteiger partial charge in [0.2, 0.25) is 5.91 Å². The van der Waals surface area contributed by atoms with Gasteiger partial charge in [-0.05, 0) is 31.0 Å². The topological polar surface area (TPSA) is 117 Å². The van der Waals surface area contributed by atoms with E-state index in [2.05, 4.69) is 73.9 Å². The second-order valence-electron chi connectivity index (χ2n) is 16.7. The van der Waals surface area contributed by atoms with Crippen LogP contribution in [0, 0.1) is 18.4 Å². The summed E-state index contributed by atoms with van der Waals surface area (Å²) in [6, 6.07) is 0. The van der Waals surface area contributed by atoms with E-state index in [1.54, 1.807) is 4.57 Å². The summed E-state index contributed by atoms with van der Waals surface area (Å²) in [5, 5.41) is 2.63. The van der Waals surface area contributed by atoms with Gasteiger partial charge in [-0.3, -0.25) is 14.2 Å². The Balaban J connectivity index is 1.66. The molecule has 1 aliphatic heterocycles. The van der Waals surface area contributed by atoms with Gasteiger partial charge in [-0.25, -0.2) is 4.98 Å². The number of terminal acetylenes is 1. The lowest BCUT2D eigenvalue weighted by molar-refractivity contribution is -0.156. The summed E-state index contributed by atoms with van der Waals surface area (Å²) in [4.78, 5) is 38.2. The van der Waals surface area contributed by atoms with Gasteiger partial charge in [0.15, 0.2) is 30.9 Å². The van der Waals surface area contributed by atoms with Gasteiger partial charge in [0.25, 0.3) is 0 Å². The summed E-state index contributed by atoms with van der Waals surface area (Å²) < 4.78 is 35.7. The van der Waals surface area contributed by atoms with Gasteiger partial charge in [-0.1, -0.05) is 143 Å². The van der Waals surface area contributed by atoms with E-state index in [9.17, 15) is 14.0 Å². The zero-order valence-corrected chi connectivity index (χ0v) is 35.6. The summed E-state index contributed by atoms with van der Waals surface area (Å²) in [5.74, 6) is 2.23. The van der Waals surface area contributed by atoms with Crippen LogP contribution in [0.2, 0.25) is 18.1 Å². The monoisotopic (exact) mass is 772 g/mol. The fraction of sp³-hybridized carbons (Fsp3) is 0.786. The first-order chi connectivity index (χ1) is 25.8. The van der Waals surface area contributed by atoms with Crippen molar-refractivity contribution in [2.45, 2.75) is 206 Å². The van der Waals surface area contributed by atoms with E-state index >= 15 is 0 Å². The molecule has 0 spiro atoms. The zero-order valence-electron chi connectivity index (χ0n) is 34.6. The van der Waals surface area contributed by atoms with Gasteiger partial charge in [-0.2, -0.15) is 14.4 Å². The number of unbranched alkanes of at least 4 members (excludes halogenated alkanes) is 16. The predicted octanol–water partition coefficient (Wildman–Crippen LogP) is 11.0. The van der Waals surface area contributed by atoms with Gasteiger partial charge in [-0.15, -0.1) is 6.42 Å². The van der Waals surface area contributed by atoms with Crippen LogP contribution in [-0.2, 0) is 23.5 Å². The maximum Gasteiger partial charge on any atom is 0.312 e. The molecule has 3 rings (SSSR count). The maximum atomic E-state index is 14.9. The maximum absolute atomic E-state index is 14.9. The Labute approximate surface area is 326 Å². The number of nitrogens with one attached hydrogen (secondary N) is 1. The molecule has 2 aromatic rings. The minimum absolute atomic E-state index is 0.0129. The molecule has 3 heterocycles. The van der Waals surface area contributed by atoms with Crippen molar-refractivity contribution < 1.29 is 27.9 Å². The first-order valence-corrected chi connectivity index (χ1v) is 23.9. The first-order valence-electron chi connectivity index (χ1n) is 21.0. The molecule has 10 nitrogen and oxygen atoms in total. The molecule has 54 heavy (non-hydrogen) atoms. The fourth-order valence-corrected chi connectivity index (χ4v) is 8.05. The minimum atomic E-state index is -2.38. The van der Waals surface area contributed by atoms with Crippen LogP contribution in [0.4, 0.5) is 10.2 Å². The van der Waals surface area contributed by atoms with Crippen molar-refractivity contribution in [3.05, 3.63) is 12.4 Å². The highest BCUT2D eigenvalue weighted by atomic mass is 28.4. The highest BCUT2D eigenvalue weighted by molar-refractivity contribution is 6.74. The summed E-state index contributed by atoms with van der Waals surface area (Å²) in [6.45, 7) is 14.9. The second-order valence-corrected chi connectivity index (χ2v) is 21.5. The molecular formula is C42H70FN5O5Si. The van der Waals surface area contributed by atoms with E-state index < -0.39 is 32.3 Å². The van der Waals surface area contributed by atoms with Crippen molar-refractivity contribution in [2.24, 2.45) is 0 Å². The molecular weight excluding hydrogens is 702 g/mol. The molecule has 1 N–H and O–H groups in total. The van der Waals surface area contributed by atoms with Gasteiger partial charge < -0.3 is 19.2 Å². The van der Waals surface area contributed by atoms with E-state index in [1.807, 2.05) is 0 Å². The van der Waals surface area contributed by atoms with Crippen LogP contribution in [0.25, 0.3) is 11.2 Å². The number of hydrogen-bond donors (Lipinski definition) is 1. The van der Waals surface area contributed by atoms with Gasteiger partial charge in [0.1, 0.15) is 12.8 Å². The molecule has 3 atom stereocenters. The standard InChI is InChI=1S/C42H70FN5O5Si/c1-9-12-14-16-18-19-20-21-23-24-26-28-34(49)45-38-37-39(47-40(43)46-38)48(32-44-37)35-30-33(53-54(7,8)41(4,5)6)42(11-3,52-35)31-51-36(50)29-27-25-22-17-15-13-10-2/h3,32-33,35H,9-10,12-31H2,1-2,4-8H3,(H,45,46,47,49)/t33-,35+,42+/m0/s1. The largest absolute Gasteiger partial charge is 0.461 e. The van der Waals surface area contributed by atoms with Crippen molar-refractivity contribution in [3.63, 3.8) is 0 Å². The number of imidazole rings is 1. The van der Waals surface area contributed by atoms with Crippen LogP contribution in [0.15, 0.2) is 6.33 Å². The van der Waals surface area contributed by atoms with Crippen LogP contribution < -0.4 is 5.32 Å². The number of nitrogens with zero attached hydrogens (tertiary/aromatic N) is 4. The van der Waals surface area contributed by atoms with E-state index in [0.29, 0.717) is 19.3 Å². The van der Waals surface area contributed by atoms with Crippen LogP contribution in [-0.4, -0.2) is 58.0 Å². The first kappa shape index (κ1) is 45.5. The number of carbonyl (C=O) groups is 2. The molecule has 0 saturated carbocycles. The van der Waals surface area contributed by atoms with Crippen molar-refractivity contribution in [2.75, 3.05) is 11.9 Å². The van der Waals surface area contributed by atoms with Crippen LogP contribution in [0.5, 0.6) is 0 Å². The number of carbonyl (C=O) groups excluding carboxylic acids is 2. The highest BCUT2D eigenvalue weighted by Gasteiger charge is 2.54. The molecule has 1 fully saturated rings. The van der Waals surface area contributed by atoms with Crippen LogP contribution in [0.3, 0.4) is 0 Å². The number of fused-ring (bicyclic) bond motifs is 1. The van der Waals surface area contributed by atoms with E-state index in [-0.39, 0.29) is 40.5 Å². The Hall–Kier alpha value is -2.88. The predicted molar refractivity (Wildman–Crippen MR) is 217 cm³/mol. The lowest BCUT2D eigenvalue weighted by Gasteiger charge is -2.41. The van der Waals surface area contributed by atoms with E-state index in [4.69, 9.17) is 20.3 Å². The number of rotatable bonds is 26. The second kappa shape index (κ2) is 22.6. The summed E-state index contributed by atoms with van der Waals surface area (Å²) in [5.41, 5.74) is -0.982.